The Kier molecular flexibility index (Phi) is 4.63. The number of nitrogens with zero attached hydrogens (tertiary/aromatic N) is 2. The van der Waals surface area contributed by atoms with Crippen molar-refractivity contribution in [3.63, 3.8) is 0 Å². The van der Waals surface area contributed by atoms with Crippen LogP contribution in [0.3, 0.4) is 0 Å². The topological polar surface area (TPSA) is 53.4 Å². The molecule has 1 N–H and O–H groups in total. The van der Waals surface area contributed by atoms with Gasteiger partial charge in [0, 0.05) is 6.20 Å². The third-order valence-corrected chi connectivity index (χ3v) is 2.89. The molecule has 0 aromatic carbocycles. The number of carbonyl (C=O) groups is 1. The highest BCUT2D eigenvalue weighted by Gasteiger charge is 2.34. The van der Waals surface area contributed by atoms with E-state index in [1.807, 2.05) is 51.0 Å². The van der Waals surface area contributed by atoms with Gasteiger partial charge in [-0.25, -0.2) is 0 Å². The largest absolute Gasteiger partial charge is 0.481 e. The van der Waals surface area contributed by atoms with Crippen LogP contribution in [-0.2, 0) is 4.79 Å². The lowest BCUT2D eigenvalue weighted by atomic mass is 9.86. The molecule has 0 aliphatic carbocycles. The molecule has 4 heteroatoms. The summed E-state index contributed by atoms with van der Waals surface area (Å²) in [4.78, 5) is 17.6. The molecule has 17 heavy (non-hydrogen) atoms. The number of carboxylic acid groups (broad SMARTS) is 1. The van der Waals surface area contributed by atoms with Crippen LogP contribution in [0.4, 0.5) is 0 Å². The molecule has 2 unspecified atom stereocenters. The molecule has 1 rings (SSSR count). The fourth-order valence-corrected chi connectivity index (χ4v) is 2.11. The van der Waals surface area contributed by atoms with Gasteiger partial charge in [-0.1, -0.05) is 19.9 Å². The van der Waals surface area contributed by atoms with E-state index in [1.54, 1.807) is 6.20 Å². The van der Waals surface area contributed by atoms with Crippen LogP contribution in [0, 0.1) is 11.8 Å². The first-order valence-corrected chi connectivity index (χ1v) is 5.75. The molecule has 0 fully saturated rings. The summed E-state index contributed by atoms with van der Waals surface area (Å²) in [5.74, 6) is -1.17. The summed E-state index contributed by atoms with van der Waals surface area (Å²) in [5.41, 5.74) is 0.804. The molecule has 1 heterocycles. The molecule has 0 bridgehead atoms. The fraction of sp³-hybridized carbons (Fsp3) is 0.538. The lowest BCUT2D eigenvalue weighted by Gasteiger charge is -2.31. The van der Waals surface area contributed by atoms with Gasteiger partial charge < -0.3 is 10.0 Å². The summed E-state index contributed by atoms with van der Waals surface area (Å²) in [7, 11) is 3.77. The van der Waals surface area contributed by atoms with Crippen LogP contribution in [0.15, 0.2) is 24.4 Å². The molecule has 0 aliphatic heterocycles. The maximum absolute atomic E-state index is 11.4. The smallest absolute Gasteiger partial charge is 0.308 e. The van der Waals surface area contributed by atoms with Crippen molar-refractivity contribution in [2.45, 2.75) is 19.9 Å². The molecule has 4 nitrogen and oxygen atoms in total. The minimum Gasteiger partial charge on any atom is -0.481 e. The van der Waals surface area contributed by atoms with Crippen LogP contribution in [0.2, 0.25) is 0 Å². The van der Waals surface area contributed by atoms with Gasteiger partial charge >= 0.3 is 5.97 Å². The highest BCUT2D eigenvalue weighted by atomic mass is 16.4. The SMILES string of the molecule is CC(C)C(C(=O)O)C(c1ccccn1)N(C)C. The Morgan fingerprint density at radius 3 is 2.35 bits per heavy atom. The quantitative estimate of drug-likeness (QED) is 0.850. The first kappa shape index (κ1) is 13.6. The summed E-state index contributed by atoms with van der Waals surface area (Å²) in [6.45, 7) is 3.86. The normalized spacial score (nSPS) is 14.9. The van der Waals surface area contributed by atoms with E-state index >= 15 is 0 Å². The lowest BCUT2D eigenvalue weighted by Crippen LogP contribution is -2.36. The zero-order valence-electron chi connectivity index (χ0n) is 10.8. The first-order chi connectivity index (χ1) is 7.95. The van der Waals surface area contributed by atoms with Crippen molar-refractivity contribution < 1.29 is 9.90 Å². The van der Waals surface area contributed by atoms with Gasteiger partial charge in [-0.3, -0.25) is 9.78 Å². The van der Waals surface area contributed by atoms with Gasteiger partial charge in [0.1, 0.15) is 0 Å². The van der Waals surface area contributed by atoms with E-state index in [1.165, 1.54) is 0 Å². The van der Waals surface area contributed by atoms with Crippen molar-refractivity contribution in [2.24, 2.45) is 11.8 Å². The summed E-state index contributed by atoms with van der Waals surface area (Å²) < 4.78 is 0. The Morgan fingerprint density at radius 1 is 1.35 bits per heavy atom. The maximum atomic E-state index is 11.4. The van der Waals surface area contributed by atoms with Crippen LogP contribution < -0.4 is 0 Å². The van der Waals surface area contributed by atoms with E-state index < -0.39 is 11.9 Å². The number of carboxylic acids is 1. The van der Waals surface area contributed by atoms with Crippen LogP contribution in [0.1, 0.15) is 25.6 Å². The standard InChI is InChI=1S/C13H20N2O2/c1-9(2)11(13(16)17)12(15(3)4)10-7-5-6-8-14-10/h5-9,11-12H,1-4H3,(H,16,17). The molecule has 0 saturated carbocycles. The molecule has 0 aliphatic rings. The number of aliphatic carboxylic acids is 1. The van der Waals surface area contributed by atoms with E-state index in [0.29, 0.717) is 0 Å². The summed E-state index contributed by atoms with van der Waals surface area (Å²) in [6.07, 6.45) is 1.70. The van der Waals surface area contributed by atoms with Crippen molar-refractivity contribution in [1.29, 1.82) is 0 Å². The van der Waals surface area contributed by atoms with E-state index in [4.69, 9.17) is 0 Å². The molecule has 2 atom stereocenters. The van der Waals surface area contributed by atoms with E-state index in [0.717, 1.165) is 5.69 Å². The van der Waals surface area contributed by atoms with Crippen molar-refractivity contribution in [2.75, 3.05) is 14.1 Å². The molecule has 94 valence electrons. The van der Waals surface area contributed by atoms with Gasteiger partial charge in [0.2, 0.25) is 0 Å². The highest BCUT2D eigenvalue weighted by molar-refractivity contribution is 5.71. The van der Waals surface area contributed by atoms with Crippen molar-refractivity contribution in [3.05, 3.63) is 30.1 Å². The minimum atomic E-state index is -0.774. The molecule has 0 radical (unpaired) electrons. The van der Waals surface area contributed by atoms with Crippen molar-refractivity contribution in [3.8, 4) is 0 Å². The van der Waals surface area contributed by atoms with E-state index in [-0.39, 0.29) is 12.0 Å². The second-order valence-electron chi connectivity index (χ2n) is 4.77. The number of hydrogen-bond donors (Lipinski definition) is 1. The van der Waals surface area contributed by atoms with Gasteiger partial charge in [-0.15, -0.1) is 0 Å². The summed E-state index contributed by atoms with van der Waals surface area (Å²) >= 11 is 0. The highest BCUT2D eigenvalue weighted by Crippen LogP contribution is 2.30. The average molecular weight is 236 g/mol. The maximum Gasteiger partial charge on any atom is 0.308 e. The number of pyridine rings is 1. The zero-order chi connectivity index (χ0) is 13.0. The number of rotatable bonds is 5. The van der Waals surface area contributed by atoms with Crippen LogP contribution in [-0.4, -0.2) is 35.1 Å². The van der Waals surface area contributed by atoms with Gasteiger partial charge in [0.25, 0.3) is 0 Å². The second kappa shape index (κ2) is 5.77. The van der Waals surface area contributed by atoms with Crippen LogP contribution >= 0.6 is 0 Å². The monoisotopic (exact) mass is 236 g/mol. The Labute approximate surface area is 102 Å². The zero-order valence-corrected chi connectivity index (χ0v) is 10.8. The molecule has 0 spiro atoms. The Hall–Kier alpha value is -1.42. The molecule has 1 aromatic rings. The van der Waals surface area contributed by atoms with Crippen molar-refractivity contribution >= 4 is 5.97 Å². The Morgan fingerprint density at radius 2 is 2.00 bits per heavy atom. The minimum absolute atomic E-state index is 0.0573. The number of hydrogen-bond acceptors (Lipinski definition) is 3. The van der Waals surface area contributed by atoms with E-state index in [9.17, 15) is 9.90 Å². The third-order valence-electron chi connectivity index (χ3n) is 2.89. The van der Waals surface area contributed by atoms with Crippen molar-refractivity contribution in [1.82, 2.24) is 9.88 Å². The van der Waals surface area contributed by atoms with Gasteiger partial charge in [-0.2, -0.15) is 0 Å². The molecule has 1 aromatic heterocycles. The summed E-state index contributed by atoms with van der Waals surface area (Å²) in [6, 6.07) is 5.40. The van der Waals surface area contributed by atoms with Gasteiger partial charge in [0.05, 0.1) is 17.7 Å². The predicted molar refractivity (Wildman–Crippen MR) is 66.6 cm³/mol. The van der Waals surface area contributed by atoms with Gasteiger partial charge in [-0.05, 0) is 32.1 Å². The third kappa shape index (κ3) is 3.27. The first-order valence-electron chi connectivity index (χ1n) is 5.75. The molecular formula is C13H20N2O2. The molecule has 0 amide bonds. The summed E-state index contributed by atoms with van der Waals surface area (Å²) in [5, 5.41) is 9.37. The molecule has 0 saturated heterocycles. The van der Waals surface area contributed by atoms with Crippen LogP contribution in [0.25, 0.3) is 0 Å². The van der Waals surface area contributed by atoms with E-state index in [2.05, 4.69) is 4.98 Å². The fourth-order valence-electron chi connectivity index (χ4n) is 2.11. The molecular weight excluding hydrogens is 216 g/mol. The van der Waals surface area contributed by atoms with Gasteiger partial charge in [0.15, 0.2) is 0 Å². The average Bonchev–Trinajstić information content (AvgIpc) is 2.25. The second-order valence-corrected chi connectivity index (χ2v) is 4.77. The lowest BCUT2D eigenvalue weighted by molar-refractivity contribution is -0.146. The van der Waals surface area contributed by atoms with Crippen LogP contribution in [0.5, 0.6) is 0 Å². The predicted octanol–water partition coefficient (Wildman–Crippen LogP) is 2.04. The Balaban J connectivity index is 3.12. The Bertz CT molecular complexity index is 363. The number of aromatic nitrogens is 1.